The summed E-state index contributed by atoms with van der Waals surface area (Å²) in [6, 6.07) is 15.1. The predicted octanol–water partition coefficient (Wildman–Crippen LogP) is 2.43. The first kappa shape index (κ1) is 9.71. The van der Waals surface area contributed by atoms with Crippen LogP contribution in [0.4, 0.5) is 0 Å². The highest BCUT2D eigenvalue weighted by Gasteiger charge is 1.97. The van der Waals surface area contributed by atoms with Gasteiger partial charge in [-0.25, -0.2) is 4.79 Å². The number of hydrogen-bond acceptors (Lipinski definition) is 2. The van der Waals surface area contributed by atoms with Crippen molar-refractivity contribution in [1.29, 1.82) is 0 Å². The number of hydrogen-bond donors (Lipinski definition) is 0. The smallest absolute Gasteiger partial charge is 0.335 e. The maximum Gasteiger partial charge on any atom is 0.335 e. The molecular formula is C13H12O2. The monoisotopic (exact) mass is 200 g/mol. The van der Waals surface area contributed by atoms with Crippen LogP contribution < -0.4 is 5.63 Å². The molecule has 0 radical (unpaired) electrons. The number of benzene rings is 1. The van der Waals surface area contributed by atoms with Gasteiger partial charge in [0.25, 0.3) is 0 Å². The molecule has 2 heteroatoms. The highest BCUT2D eigenvalue weighted by Crippen LogP contribution is 2.05. The second-order valence-corrected chi connectivity index (χ2v) is 3.40. The van der Waals surface area contributed by atoms with E-state index in [9.17, 15) is 4.79 Å². The molecule has 0 saturated carbocycles. The van der Waals surface area contributed by atoms with Crippen molar-refractivity contribution in [1.82, 2.24) is 0 Å². The second-order valence-electron chi connectivity index (χ2n) is 3.40. The van der Waals surface area contributed by atoms with Gasteiger partial charge in [0, 0.05) is 12.5 Å². The van der Waals surface area contributed by atoms with Crippen molar-refractivity contribution in [2.75, 3.05) is 0 Å². The molecule has 2 rings (SSSR count). The Morgan fingerprint density at radius 2 is 1.67 bits per heavy atom. The molecule has 0 saturated heterocycles. The molecule has 0 unspecified atom stereocenters. The van der Waals surface area contributed by atoms with Gasteiger partial charge in [-0.15, -0.1) is 0 Å². The van der Waals surface area contributed by atoms with Crippen LogP contribution in [0.3, 0.4) is 0 Å². The molecule has 0 fully saturated rings. The van der Waals surface area contributed by atoms with Crippen LogP contribution in [0.25, 0.3) is 0 Å². The van der Waals surface area contributed by atoms with Crippen molar-refractivity contribution in [3.8, 4) is 0 Å². The summed E-state index contributed by atoms with van der Waals surface area (Å²) < 4.78 is 5.04. The van der Waals surface area contributed by atoms with E-state index in [0.717, 1.165) is 18.6 Å². The average molecular weight is 200 g/mol. The van der Waals surface area contributed by atoms with Gasteiger partial charge in [-0.1, -0.05) is 36.4 Å². The van der Waals surface area contributed by atoms with Gasteiger partial charge < -0.3 is 4.42 Å². The van der Waals surface area contributed by atoms with Crippen molar-refractivity contribution >= 4 is 0 Å². The molecule has 0 N–H and O–H groups in total. The summed E-state index contributed by atoms with van der Waals surface area (Å²) in [5, 5.41) is 0. The molecule has 1 aromatic carbocycles. The Bertz CT molecular complexity index is 471. The molecule has 76 valence electrons. The molecule has 15 heavy (non-hydrogen) atoms. The fourth-order valence-electron chi connectivity index (χ4n) is 1.48. The lowest BCUT2D eigenvalue weighted by molar-refractivity contribution is 0.458. The van der Waals surface area contributed by atoms with Crippen molar-refractivity contribution < 1.29 is 4.42 Å². The Labute approximate surface area is 88.2 Å². The summed E-state index contributed by atoms with van der Waals surface area (Å²) in [4.78, 5) is 10.9. The SMILES string of the molecule is O=c1cccc(CCc2ccccc2)o1. The van der Waals surface area contributed by atoms with Gasteiger partial charge in [0.2, 0.25) is 0 Å². The van der Waals surface area contributed by atoms with Gasteiger partial charge in [-0.05, 0) is 18.1 Å². The normalized spacial score (nSPS) is 10.1. The highest BCUT2D eigenvalue weighted by molar-refractivity contribution is 5.16. The topological polar surface area (TPSA) is 30.2 Å². The summed E-state index contributed by atoms with van der Waals surface area (Å²) in [5.74, 6) is 0.742. The minimum atomic E-state index is -0.277. The Morgan fingerprint density at radius 1 is 0.867 bits per heavy atom. The van der Waals surface area contributed by atoms with Crippen LogP contribution >= 0.6 is 0 Å². The van der Waals surface area contributed by atoms with Crippen LogP contribution in [-0.4, -0.2) is 0 Å². The predicted molar refractivity (Wildman–Crippen MR) is 58.8 cm³/mol. The third-order valence-corrected chi connectivity index (χ3v) is 2.25. The van der Waals surface area contributed by atoms with Gasteiger partial charge in [0.1, 0.15) is 5.76 Å². The lowest BCUT2D eigenvalue weighted by Crippen LogP contribution is -1.99. The maximum absolute atomic E-state index is 10.9. The second kappa shape index (κ2) is 4.60. The third kappa shape index (κ3) is 2.81. The molecule has 2 nitrogen and oxygen atoms in total. The standard InChI is InChI=1S/C13H12O2/c14-13-8-4-7-12(15-13)10-9-11-5-2-1-3-6-11/h1-8H,9-10H2. The fourth-order valence-corrected chi connectivity index (χ4v) is 1.48. The molecule has 1 heterocycles. The molecule has 0 aliphatic heterocycles. The Hall–Kier alpha value is -1.83. The lowest BCUT2D eigenvalue weighted by atomic mass is 10.1. The molecule has 2 aromatic rings. The minimum absolute atomic E-state index is 0.277. The van der Waals surface area contributed by atoms with Crippen LogP contribution in [0.15, 0.2) is 57.7 Å². The van der Waals surface area contributed by atoms with Crippen molar-refractivity contribution in [3.05, 3.63) is 70.3 Å². The number of aryl methyl sites for hydroxylation is 2. The van der Waals surface area contributed by atoms with E-state index in [0.29, 0.717) is 0 Å². The van der Waals surface area contributed by atoms with Crippen molar-refractivity contribution in [2.45, 2.75) is 12.8 Å². The van der Waals surface area contributed by atoms with Gasteiger partial charge in [0.05, 0.1) is 0 Å². The summed E-state index contributed by atoms with van der Waals surface area (Å²) in [7, 11) is 0. The van der Waals surface area contributed by atoms with Crippen molar-refractivity contribution in [3.63, 3.8) is 0 Å². The molecule has 0 bridgehead atoms. The number of rotatable bonds is 3. The third-order valence-electron chi connectivity index (χ3n) is 2.25. The zero-order chi connectivity index (χ0) is 10.5. The summed E-state index contributed by atoms with van der Waals surface area (Å²) in [5.41, 5.74) is 0.976. The lowest BCUT2D eigenvalue weighted by Gasteiger charge is -1.99. The van der Waals surface area contributed by atoms with Crippen molar-refractivity contribution in [2.24, 2.45) is 0 Å². The van der Waals surface area contributed by atoms with E-state index < -0.39 is 0 Å². The van der Waals surface area contributed by atoms with Crippen LogP contribution in [0.2, 0.25) is 0 Å². The van der Waals surface area contributed by atoms with Gasteiger partial charge in [-0.3, -0.25) is 0 Å². The summed E-state index contributed by atoms with van der Waals surface area (Å²) in [6.45, 7) is 0. The van der Waals surface area contributed by atoms with Crippen LogP contribution in [-0.2, 0) is 12.8 Å². The van der Waals surface area contributed by atoms with Crippen LogP contribution in [0.1, 0.15) is 11.3 Å². The summed E-state index contributed by atoms with van der Waals surface area (Å²) in [6.07, 6.45) is 1.66. The molecule has 0 spiro atoms. The largest absolute Gasteiger partial charge is 0.428 e. The molecule has 0 aliphatic rings. The van der Waals surface area contributed by atoms with E-state index in [1.54, 1.807) is 6.07 Å². The molecular weight excluding hydrogens is 188 g/mol. The van der Waals surface area contributed by atoms with Gasteiger partial charge >= 0.3 is 5.63 Å². The Kier molecular flexibility index (Phi) is 2.98. The van der Waals surface area contributed by atoms with E-state index >= 15 is 0 Å². The van der Waals surface area contributed by atoms with E-state index in [-0.39, 0.29) is 5.63 Å². The van der Waals surface area contributed by atoms with E-state index in [1.807, 2.05) is 24.3 Å². The Balaban J connectivity index is 2.02. The summed E-state index contributed by atoms with van der Waals surface area (Å²) >= 11 is 0. The van der Waals surface area contributed by atoms with Crippen LogP contribution in [0, 0.1) is 0 Å². The first-order chi connectivity index (χ1) is 7.34. The quantitative estimate of drug-likeness (QED) is 0.761. The average Bonchev–Trinajstić information content (AvgIpc) is 2.28. The highest BCUT2D eigenvalue weighted by atomic mass is 16.4. The van der Waals surface area contributed by atoms with E-state index in [4.69, 9.17) is 4.42 Å². The minimum Gasteiger partial charge on any atom is -0.428 e. The maximum atomic E-state index is 10.9. The molecule has 0 amide bonds. The zero-order valence-corrected chi connectivity index (χ0v) is 8.35. The first-order valence-electron chi connectivity index (χ1n) is 4.97. The van der Waals surface area contributed by atoms with Crippen LogP contribution in [0.5, 0.6) is 0 Å². The van der Waals surface area contributed by atoms with Gasteiger partial charge in [0.15, 0.2) is 0 Å². The fraction of sp³-hybridized carbons (Fsp3) is 0.154. The van der Waals surface area contributed by atoms with E-state index in [1.165, 1.54) is 11.6 Å². The van der Waals surface area contributed by atoms with Gasteiger partial charge in [-0.2, -0.15) is 0 Å². The first-order valence-corrected chi connectivity index (χ1v) is 4.97. The molecule has 0 aliphatic carbocycles. The molecule has 0 atom stereocenters. The Morgan fingerprint density at radius 3 is 2.40 bits per heavy atom. The van der Waals surface area contributed by atoms with E-state index in [2.05, 4.69) is 12.1 Å². The zero-order valence-electron chi connectivity index (χ0n) is 8.35. The molecule has 1 aromatic heterocycles.